The first-order chi connectivity index (χ1) is 5.06. The summed E-state index contributed by atoms with van der Waals surface area (Å²) in [7, 11) is -2.88. The van der Waals surface area contributed by atoms with Crippen LogP contribution in [0.1, 0.15) is 39.0 Å². The van der Waals surface area contributed by atoms with Gasteiger partial charge in [0.1, 0.15) is 8.77 Å². The second kappa shape index (κ2) is 5.91. The minimum atomic E-state index is -2.88. The lowest BCUT2D eigenvalue weighted by Crippen LogP contribution is -2.01. The SMILES string of the molecule is CCCCCCCS(=O)(O)=S. The fourth-order valence-electron chi connectivity index (χ4n) is 0.888. The largest absolute Gasteiger partial charge is 0.306 e. The van der Waals surface area contributed by atoms with Crippen LogP contribution in [0.4, 0.5) is 0 Å². The van der Waals surface area contributed by atoms with Gasteiger partial charge in [-0.3, -0.25) is 0 Å². The number of hydrogen-bond acceptors (Lipinski definition) is 2. The summed E-state index contributed by atoms with van der Waals surface area (Å²) in [6.07, 6.45) is 5.38. The Morgan fingerprint density at radius 1 is 1.27 bits per heavy atom. The zero-order valence-electron chi connectivity index (χ0n) is 6.91. The van der Waals surface area contributed by atoms with Crippen molar-refractivity contribution in [2.75, 3.05) is 5.75 Å². The second-order valence-electron chi connectivity index (χ2n) is 2.70. The van der Waals surface area contributed by atoms with Crippen molar-refractivity contribution >= 4 is 20.0 Å². The van der Waals surface area contributed by atoms with Crippen molar-refractivity contribution in [2.45, 2.75) is 39.0 Å². The van der Waals surface area contributed by atoms with Crippen LogP contribution in [0.15, 0.2) is 0 Å². The molecule has 0 saturated heterocycles. The van der Waals surface area contributed by atoms with E-state index in [1.807, 2.05) is 0 Å². The monoisotopic (exact) mass is 196 g/mol. The van der Waals surface area contributed by atoms with Crippen molar-refractivity contribution in [1.82, 2.24) is 0 Å². The maximum atomic E-state index is 10.6. The van der Waals surface area contributed by atoms with E-state index in [2.05, 4.69) is 18.1 Å². The molecule has 0 aromatic carbocycles. The van der Waals surface area contributed by atoms with E-state index in [0.717, 1.165) is 19.3 Å². The topological polar surface area (TPSA) is 37.3 Å². The molecule has 1 N–H and O–H groups in total. The molecule has 0 aliphatic carbocycles. The molecule has 4 heteroatoms. The molecular formula is C7H16O2S2. The van der Waals surface area contributed by atoms with Crippen LogP contribution in [-0.4, -0.2) is 14.5 Å². The van der Waals surface area contributed by atoms with Gasteiger partial charge < -0.3 is 4.55 Å². The molecule has 11 heavy (non-hydrogen) atoms. The van der Waals surface area contributed by atoms with Gasteiger partial charge in [-0.25, -0.2) is 4.21 Å². The molecule has 0 radical (unpaired) electrons. The van der Waals surface area contributed by atoms with Crippen molar-refractivity contribution < 1.29 is 8.76 Å². The summed E-state index contributed by atoms with van der Waals surface area (Å²) in [6, 6.07) is 0. The minimum absolute atomic E-state index is 0.284. The Kier molecular flexibility index (Phi) is 6.09. The molecular weight excluding hydrogens is 180 g/mol. The Bertz CT molecular complexity index is 173. The summed E-state index contributed by atoms with van der Waals surface area (Å²) in [5.74, 6) is 0.284. The van der Waals surface area contributed by atoms with Crippen LogP contribution >= 0.6 is 0 Å². The first-order valence-corrected chi connectivity index (χ1v) is 6.62. The molecule has 0 fully saturated rings. The standard InChI is InChI=1S/C7H16O2S2/c1-2-3-4-5-6-7-11(8,9)10/h2-7H2,1H3,(H,8,9,10). The van der Waals surface area contributed by atoms with Crippen molar-refractivity contribution in [2.24, 2.45) is 0 Å². The highest BCUT2D eigenvalue weighted by molar-refractivity contribution is 8.29. The van der Waals surface area contributed by atoms with Gasteiger partial charge in [0, 0.05) is 16.9 Å². The van der Waals surface area contributed by atoms with E-state index in [1.54, 1.807) is 0 Å². The summed E-state index contributed by atoms with van der Waals surface area (Å²) < 4.78 is 19.3. The van der Waals surface area contributed by atoms with Crippen LogP contribution in [-0.2, 0) is 20.0 Å². The molecule has 68 valence electrons. The third-order valence-corrected chi connectivity index (χ3v) is 2.81. The smallest absolute Gasteiger partial charge is 0.141 e. The van der Waals surface area contributed by atoms with Gasteiger partial charge in [0.2, 0.25) is 0 Å². The second-order valence-corrected chi connectivity index (χ2v) is 5.83. The van der Waals surface area contributed by atoms with Crippen LogP contribution < -0.4 is 0 Å². The van der Waals surface area contributed by atoms with Crippen LogP contribution in [0.25, 0.3) is 0 Å². The van der Waals surface area contributed by atoms with E-state index >= 15 is 0 Å². The number of hydrogen-bond donors (Lipinski definition) is 1. The van der Waals surface area contributed by atoms with Gasteiger partial charge in [-0.1, -0.05) is 32.6 Å². The number of unbranched alkanes of at least 4 members (excludes halogenated alkanes) is 4. The maximum absolute atomic E-state index is 10.6. The molecule has 0 amide bonds. The van der Waals surface area contributed by atoms with E-state index in [9.17, 15) is 4.21 Å². The van der Waals surface area contributed by atoms with E-state index in [1.165, 1.54) is 12.8 Å². The lowest BCUT2D eigenvalue weighted by atomic mass is 10.2. The van der Waals surface area contributed by atoms with Crippen LogP contribution in [0.2, 0.25) is 0 Å². The Morgan fingerprint density at radius 3 is 2.27 bits per heavy atom. The molecule has 0 heterocycles. The van der Waals surface area contributed by atoms with Gasteiger partial charge in [-0.2, -0.15) is 0 Å². The maximum Gasteiger partial charge on any atom is 0.141 e. The van der Waals surface area contributed by atoms with E-state index in [4.69, 9.17) is 4.55 Å². The average Bonchev–Trinajstić information content (AvgIpc) is 1.85. The van der Waals surface area contributed by atoms with Gasteiger partial charge >= 0.3 is 0 Å². The first kappa shape index (κ1) is 11.3. The molecule has 0 rings (SSSR count). The Balaban J connectivity index is 3.16. The molecule has 1 unspecified atom stereocenters. The summed E-state index contributed by atoms with van der Waals surface area (Å²) in [4.78, 5) is 0. The van der Waals surface area contributed by atoms with Crippen molar-refractivity contribution in [1.29, 1.82) is 0 Å². The molecule has 1 atom stereocenters. The molecule has 0 aliphatic rings. The normalized spacial score (nSPS) is 16.2. The van der Waals surface area contributed by atoms with Gasteiger partial charge in [-0.05, 0) is 6.42 Å². The van der Waals surface area contributed by atoms with Crippen molar-refractivity contribution in [3.63, 3.8) is 0 Å². The lowest BCUT2D eigenvalue weighted by molar-refractivity contribution is 0.554. The van der Waals surface area contributed by atoms with Crippen LogP contribution in [0.5, 0.6) is 0 Å². The van der Waals surface area contributed by atoms with Crippen molar-refractivity contribution in [3.8, 4) is 0 Å². The fraction of sp³-hybridized carbons (Fsp3) is 1.00. The molecule has 0 bridgehead atoms. The molecule has 0 aromatic rings. The molecule has 0 spiro atoms. The van der Waals surface area contributed by atoms with E-state index in [-0.39, 0.29) is 5.75 Å². The average molecular weight is 196 g/mol. The highest BCUT2D eigenvalue weighted by Gasteiger charge is 1.98. The third kappa shape index (κ3) is 10.3. The molecule has 0 aliphatic heterocycles. The third-order valence-electron chi connectivity index (χ3n) is 1.51. The Labute approximate surface area is 73.9 Å². The predicted molar refractivity (Wildman–Crippen MR) is 51.8 cm³/mol. The molecule has 2 nitrogen and oxygen atoms in total. The van der Waals surface area contributed by atoms with Gasteiger partial charge in [-0.15, -0.1) is 0 Å². The van der Waals surface area contributed by atoms with Crippen LogP contribution in [0.3, 0.4) is 0 Å². The quantitative estimate of drug-likeness (QED) is 0.662. The summed E-state index contributed by atoms with van der Waals surface area (Å²) in [5.41, 5.74) is 0. The molecule has 0 saturated carbocycles. The fourth-order valence-corrected chi connectivity index (χ4v) is 1.81. The highest BCUT2D eigenvalue weighted by atomic mass is 32.8. The van der Waals surface area contributed by atoms with Crippen LogP contribution in [0, 0.1) is 0 Å². The minimum Gasteiger partial charge on any atom is -0.306 e. The summed E-state index contributed by atoms with van der Waals surface area (Å²) in [6.45, 7) is 2.14. The Morgan fingerprint density at radius 2 is 1.82 bits per heavy atom. The summed E-state index contributed by atoms with van der Waals surface area (Å²) >= 11 is 4.35. The zero-order valence-corrected chi connectivity index (χ0v) is 8.55. The first-order valence-electron chi connectivity index (χ1n) is 4.01. The van der Waals surface area contributed by atoms with Gasteiger partial charge in [0.15, 0.2) is 0 Å². The van der Waals surface area contributed by atoms with E-state index < -0.39 is 8.77 Å². The van der Waals surface area contributed by atoms with E-state index in [0.29, 0.717) is 0 Å². The summed E-state index contributed by atoms with van der Waals surface area (Å²) in [5, 5.41) is 0. The zero-order chi connectivity index (χ0) is 8.74. The molecule has 0 aromatic heterocycles. The predicted octanol–water partition coefficient (Wildman–Crippen LogP) is 2.18. The lowest BCUT2D eigenvalue weighted by Gasteiger charge is -1.98. The highest BCUT2D eigenvalue weighted by Crippen LogP contribution is 2.03. The van der Waals surface area contributed by atoms with Crippen molar-refractivity contribution in [3.05, 3.63) is 0 Å². The van der Waals surface area contributed by atoms with Gasteiger partial charge in [0.05, 0.1) is 0 Å². The Hall–Kier alpha value is 0.330. The van der Waals surface area contributed by atoms with Gasteiger partial charge in [0.25, 0.3) is 0 Å². The number of rotatable bonds is 6.